The zero-order valence-corrected chi connectivity index (χ0v) is 11.7. The summed E-state index contributed by atoms with van der Waals surface area (Å²) in [6, 6.07) is 17.3. The molecule has 0 radical (unpaired) electrons. The molecule has 22 heavy (non-hydrogen) atoms. The van der Waals surface area contributed by atoms with E-state index in [-0.39, 0.29) is 13.1 Å². The number of hydrogen-bond acceptors (Lipinski definition) is 5. The van der Waals surface area contributed by atoms with Gasteiger partial charge in [-0.2, -0.15) is 0 Å². The van der Waals surface area contributed by atoms with E-state index in [1.54, 1.807) is 54.6 Å². The molecule has 1 unspecified atom stereocenters. The van der Waals surface area contributed by atoms with Crippen molar-refractivity contribution in [2.75, 3.05) is 0 Å². The third kappa shape index (κ3) is 4.02. The lowest BCUT2D eigenvalue weighted by Crippen LogP contribution is -2.26. The first-order valence-electron chi connectivity index (χ1n) is 6.61. The number of carbonyl (C=O) groups excluding carboxylic acids is 3. The Morgan fingerprint density at radius 3 is 2.14 bits per heavy atom. The summed E-state index contributed by atoms with van der Waals surface area (Å²) in [6.45, 7) is 0.119. The number of benzene rings is 2. The lowest BCUT2D eigenvalue weighted by Gasteiger charge is -2.13. The van der Waals surface area contributed by atoms with Crippen molar-refractivity contribution in [2.24, 2.45) is 0 Å². The Bertz CT molecular complexity index is 637. The Morgan fingerprint density at radius 2 is 1.55 bits per heavy atom. The summed E-state index contributed by atoms with van der Waals surface area (Å²) in [6.07, 6.45) is -1.29. The van der Waals surface area contributed by atoms with Crippen LogP contribution in [0.2, 0.25) is 0 Å². The van der Waals surface area contributed by atoms with Gasteiger partial charge in [-0.15, -0.1) is 0 Å². The molecule has 112 valence electrons. The molecule has 2 rings (SSSR count). The number of ketones is 1. The van der Waals surface area contributed by atoms with Crippen molar-refractivity contribution in [3.63, 3.8) is 0 Å². The zero-order chi connectivity index (χ0) is 15.8. The first-order chi connectivity index (χ1) is 10.7. The molecule has 0 fully saturated rings. The van der Waals surface area contributed by atoms with Crippen LogP contribution in [0.4, 0.5) is 0 Å². The third-order valence-corrected chi connectivity index (χ3v) is 2.95. The fourth-order valence-electron chi connectivity index (χ4n) is 1.88. The predicted octanol–water partition coefficient (Wildman–Crippen LogP) is 2.21. The Balaban J connectivity index is 2.03. The summed E-state index contributed by atoms with van der Waals surface area (Å²) in [5, 5.41) is 0. The van der Waals surface area contributed by atoms with Gasteiger partial charge in [-0.3, -0.25) is 9.59 Å². The summed E-state index contributed by atoms with van der Waals surface area (Å²) < 4.78 is 9.69. The molecular weight excluding hydrogens is 284 g/mol. The number of hydrogen-bond donors (Lipinski definition) is 0. The van der Waals surface area contributed by atoms with Gasteiger partial charge in [0.05, 0.1) is 0 Å². The predicted molar refractivity (Wildman–Crippen MR) is 77.6 cm³/mol. The molecule has 0 N–H and O–H groups in total. The molecule has 0 bridgehead atoms. The van der Waals surface area contributed by atoms with Crippen molar-refractivity contribution in [1.82, 2.24) is 0 Å². The molecule has 0 heterocycles. The molecule has 2 aromatic rings. The van der Waals surface area contributed by atoms with Crippen LogP contribution in [0.15, 0.2) is 60.7 Å². The maximum atomic E-state index is 12.1. The highest BCUT2D eigenvalue weighted by atomic mass is 16.6. The standard InChI is InChI=1S/C17H14O5/c18-12-22-16(14-9-5-2-6-10-14)15(19)17(20)21-11-13-7-3-1-4-8-13/h1-10,12,16H,11H2. The summed E-state index contributed by atoms with van der Waals surface area (Å²) in [5.74, 6) is -1.96. The van der Waals surface area contributed by atoms with Gasteiger partial charge in [0.1, 0.15) is 6.61 Å². The van der Waals surface area contributed by atoms with E-state index in [2.05, 4.69) is 0 Å². The van der Waals surface area contributed by atoms with Gasteiger partial charge in [-0.25, -0.2) is 4.79 Å². The normalized spacial score (nSPS) is 11.3. The average molecular weight is 298 g/mol. The highest BCUT2D eigenvalue weighted by Crippen LogP contribution is 2.18. The largest absolute Gasteiger partial charge is 0.455 e. The molecule has 5 nitrogen and oxygen atoms in total. The van der Waals surface area contributed by atoms with Crippen LogP contribution in [0.1, 0.15) is 17.2 Å². The van der Waals surface area contributed by atoms with Crippen LogP contribution in [-0.4, -0.2) is 18.2 Å². The first kappa shape index (κ1) is 15.4. The minimum atomic E-state index is -1.29. The van der Waals surface area contributed by atoms with Crippen molar-refractivity contribution < 1.29 is 23.9 Å². The number of rotatable bonds is 7. The van der Waals surface area contributed by atoms with E-state index in [0.29, 0.717) is 5.56 Å². The maximum absolute atomic E-state index is 12.1. The number of esters is 1. The molecular formula is C17H14O5. The lowest BCUT2D eigenvalue weighted by atomic mass is 10.1. The van der Waals surface area contributed by atoms with Crippen LogP contribution in [-0.2, 0) is 30.5 Å². The lowest BCUT2D eigenvalue weighted by molar-refractivity contribution is -0.161. The maximum Gasteiger partial charge on any atom is 0.379 e. The molecule has 5 heteroatoms. The fourth-order valence-corrected chi connectivity index (χ4v) is 1.88. The zero-order valence-electron chi connectivity index (χ0n) is 11.7. The first-order valence-corrected chi connectivity index (χ1v) is 6.61. The summed E-state index contributed by atoms with van der Waals surface area (Å²) in [5.41, 5.74) is 1.17. The van der Waals surface area contributed by atoms with E-state index < -0.39 is 17.9 Å². The number of carbonyl (C=O) groups is 3. The summed E-state index contributed by atoms with van der Waals surface area (Å²) in [4.78, 5) is 34.5. The second kappa shape index (κ2) is 7.73. The van der Waals surface area contributed by atoms with Crippen molar-refractivity contribution >= 4 is 18.2 Å². The number of Topliss-reactive ketones (excluding diaryl/α,β-unsaturated/α-hetero) is 1. The van der Waals surface area contributed by atoms with Crippen LogP contribution in [0, 0.1) is 0 Å². The summed E-state index contributed by atoms with van der Waals surface area (Å²) in [7, 11) is 0. The van der Waals surface area contributed by atoms with Crippen molar-refractivity contribution in [1.29, 1.82) is 0 Å². The van der Waals surface area contributed by atoms with Crippen LogP contribution < -0.4 is 0 Å². The van der Waals surface area contributed by atoms with Gasteiger partial charge in [0.2, 0.25) is 0 Å². The van der Waals surface area contributed by atoms with E-state index in [9.17, 15) is 14.4 Å². The second-order valence-electron chi connectivity index (χ2n) is 4.45. The molecule has 2 aromatic carbocycles. The molecule has 0 aromatic heterocycles. The van der Waals surface area contributed by atoms with Gasteiger partial charge in [0.15, 0.2) is 6.10 Å². The van der Waals surface area contributed by atoms with E-state index in [1.165, 1.54) is 0 Å². The van der Waals surface area contributed by atoms with Crippen molar-refractivity contribution in [3.8, 4) is 0 Å². The molecule has 0 aliphatic carbocycles. The van der Waals surface area contributed by atoms with Gasteiger partial charge >= 0.3 is 5.97 Å². The smallest absolute Gasteiger partial charge is 0.379 e. The summed E-state index contributed by atoms with van der Waals surface area (Å²) >= 11 is 0. The molecule has 1 atom stereocenters. The van der Waals surface area contributed by atoms with E-state index in [1.807, 2.05) is 6.07 Å². The minimum absolute atomic E-state index is 0.0198. The molecule has 0 saturated heterocycles. The monoisotopic (exact) mass is 298 g/mol. The Kier molecular flexibility index (Phi) is 5.43. The van der Waals surface area contributed by atoms with Crippen LogP contribution >= 0.6 is 0 Å². The quantitative estimate of drug-likeness (QED) is 0.445. The Labute approximate surface area is 127 Å². The van der Waals surface area contributed by atoms with E-state index in [4.69, 9.17) is 9.47 Å². The van der Waals surface area contributed by atoms with Gasteiger partial charge in [0.25, 0.3) is 12.3 Å². The van der Waals surface area contributed by atoms with Gasteiger partial charge in [-0.1, -0.05) is 60.7 Å². The minimum Gasteiger partial charge on any atom is -0.455 e. The van der Waals surface area contributed by atoms with Crippen LogP contribution in [0.3, 0.4) is 0 Å². The van der Waals surface area contributed by atoms with Gasteiger partial charge in [0, 0.05) is 5.56 Å². The Hall–Kier alpha value is -2.95. The molecule has 0 aliphatic heterocycles. The molecule has 0 amide bonds. The number of ether oxygens (including phenoxy) is 2. The second-order valence-corrected chi connectivity index (χ2v) is 4.45. The third-order valence-electron chi connectivity index (χ3n) is 2.95. The fraction of sp³-hybridized carbons (Fsp3) is 0.118. The van der Waals surface area contributed by atoms with E-state index >= 15 is 0 Å². The highest BCUT2D eigenvalue weighted by Gasteiger charge is 2.29. The SMILES string of the molecule is O=COC(C(=O)C(=O)OCc1ccccc1)c1ccccc1. The van der Waals surface area contributed by atoms with Crippen LogP contribution in [0.5, 0.6) is 0 Å². The molecule has 0 spiro atoms. The molecule has 0 saturated carbocycles. The Morgan fingerprint density at radius 1 is 0.955 bits per heavy atom. The topological polar surface area (TPSA) is 69.7 Å². The van der Waals surface area contributed by atoms with Crippen molar-refractivity contribution in [3.05, 3.63) is 71.8 Å². The molecule has 0 aliphatic rings. The van der Waals surface area contributed by atoms with Crippen molar-refractivity contribution in [2.45, 2.75) is 12.7 Å². The van der Waals surface area contributed by atoms with Gasteiger partial charge in [-0.05, 0) is 5.56 Å². The highest BCUT2D eigenvalue weighted by molar-refractivity contribution is 6.35. The average Bonchev–Trinajstić information content (AvgIpc) is 2.58. The van der Waals surface area contributed by atoms with Crippen LogP contribution in [0.25, 0.3) is 0 Å². The van der Waals surface area contributed by atoms with E-state index in [0.717, 1.165) is 5.56 Å². The van der Waals surface area contributed by atoms with Gasteiger partial charge < -0.3 is 9.47 Å².